The fourth-order valence-corrected chi connectivity index (χ4v) is 3.71. The standard InChI is InChI=1S/C17H27NO5/c1-16(2,3)23-15(22)18-11-5-4-6-13(18)17(14(20)21)9-7-12(19)8-10-17/h13H,4-11H2,1-3H3,(H,20,21). The van der Waals surface area contributed by atoms with Crippen molar-refractivity contribution in [1.29, 1.82) is 0 Å². The number of carboxylic acid groups (broad SMARTS) is 1. The first kappa shape index (κ1) is 17.8. The zero-order valence-electron chi connectivity index (χ0n) is 14.3. The van der Waals surface area contributed by atoms with Crippen LogP contribution in [0, 0.1) is 5.41 Å². The molecule has 0 spiro atoms. The molecule has 1 saturated carbocycles. The van der Waals surface area contributed by atoms with Crippen molar-refractivity contribution in [1.82, 2.24) is 4.90 Å². The van der Waals surface area contributed by atoms with Gasteiger partial charge in [0.25, 0.3) is 0 Å². The Hall–Kier alpha value is -1.59. The molecule has 6 nitrogen and oxygen atoms in total. The number of Topliss-reactive ketones (excluding diaryl/α,β-unsaturated/α-hetero) is 1. The highest BCUT2D eigenvalue weighted by Crippen LogP contribution is 2.44. The summed E-state index contributed by atoms with van der Waals surface area (Å²) < 4.78 is 5.47. The van der Waals surface area contributed by atoms with Gasteiger partial charge in [-0.1, -0.05) is 0 Å². The van der Waals surface area contributed by atoms with Gasteiger partial charge in [0.15, 0.2) is 0 Å². The highest BCUT2D eigenvalue weighted by molar-refractivity contribution is 5.84. The first-order valence-corrected chi connectivity index (χ1v) is 8.40. The molecule has 0 radical (unpaired) electrons. The number of amides is 1. The van der Waals surface area contributed by atoms with Gasteiger partial charge in [-0.3, -0.25) is 9.59 Å². The van der Waals surface area contributed by atoms with Crippen molar-refractivity contribution < 1.29 is 24.2 Å². The predicted octanol–water partition coefficient (Wildman–Crippen LogP) is 2.99. The number of hydrogen-bond donors (Lipinski definition) is 1. The van der Waals surface area contributed by atoms with Gasteiger partial charge in [0.05, 0.1) is 11.5 Å². The number of carbonyl (C=O) groups excluding carboxylic acids is 2. The van der Waals surface area contributed by atoms with Gasteiger partial charge in [-0.2, -0.15) is 0 Å². The second-order valence-corrected chi connectivity index (χ2v) is 7.69. The lowest BCUT2D eigenvalue weighted by molar-refractivity contribution is -0.158. The molecule has 2 fully saturated rings. The van der Waals surface area contributed by atoms with E-state index in [-0.39, 0.29) is 18.6 Å². The minimum absolute atomic E-state index is 0.113. The molecule has 1 amide bonds. The molecule has 2 aliphatic rings. The van der Waals surface area contributed by atoms with Crippen LogP contribution in [0.5, 0.6) is 0 Å². The van der Waals surface area contributed by atoms with Crippen LogP contribution in [0.1, 0.15) is 65.7 Å². The Kier molecular flexibility index (Phi) is 5.01. The van der Waals surface area contributed by atoms with Gasteiger partial charge in [-0.25, -0.2) is 4.79 Å². The van der Waals surface area contributed by atoms with Gasteiger partial charge < -0.3 is 14.7 Å². The third-order valence-electron chi connectivity index (χ3n) is 4.89. The molecule has 0 aromatic carbocycles. The number of nitrogens with zero attached hydrogens (tertiary/aromatic N) is 1. The summed E-state index contributed by atoms with van der Waals surface area (Å²) in [6.45, 7) is 5.92. The van der Waals surface area contributed by atoms with Crippen molar-refractivity contribution in [3.63, 3.8) is 0 Å². The maximum absolute atomic E-state index is 12.5. The van der Waals surface area contributed by atoms with Crippen molar-refractivity contribution in [3.05, 3.63) is 0 Å². The maximum Gasteiger partial charge on any atom is 0.410 e. The topological polar surface area (TPSA) is 83.9 Å². The third-order valence-corrected chi connectivity index (χ3v) is 4.89. The van der Waals surface area contributed by atoms with Crippen LogP contribution in [0.25, 0.3) is 0 Å². The van der Waals surface area contributed by atoms with Crippen molar-refractivity contribution in [2.45, 2.75) is 77.4 Å². The minimum Gasteiger partial charge on any atom is -0.481 e. The number of piperidine rings is 1. The summed E-state index contributed by atoms with van der Waals surface area (Å²) in [5.74, 6) is -0.785. The smallest absolute Gasteiger partial charge is 0.410 e. The largest absolute Gasteiger partial charge is 0.481 e. The van der Waals surface area contributed by atoms with Crippen LogP contribution >= 0.6 is 0 Å². The van der Waals surface area contributed by atoms with E-state index in [1.165, 1.54) is 0 Å². The summed E-state index contributed by atoms with van der Waals surface area (Å²) in [6.07, 6.45) is 3.14. The summed E-state index contributed by atoms with van der Waals surface area (Å²) in [6, 6.07) is -0.392. The van der Waals surface area contributed by atoms with Crippen LogP contribution in [0.15, 0.2) is 0 Å². The summed E-state index contributed by atoms with van der Waals surface area (Å²) in [7, 11) is 0. The lowest BCUT2D eigenvalue weighted by Crippen LogP contribution is -2.58. The van der Waals surface area contributed by atoms with Crippen molar-refractivity contribution in [2.75, 3.05) is 6.54 Å². The number of aliphatic carboxylic acids is 1. The average molecular weight is 325 g/mol. The van der Waals surface area contributed by atoms with Crippen LogP contribution < -0.4 is 0 Å². The molecule has 1 atom stereocenters. The quantitative estimate of drug-likeness (QED) is 0.843. The molecular weight excluding hydrogens is 298 g/mol. The number of carboxylic acids is 1. The zero-order valence-corrected chi connectivity index (χ0v) is 14.3. The number of likely N-dealkylation sites (tertiary alicyclic amines) is 1. The second kappa shape index (κ2) is 6.49. The maximum atomic E-state index is 12.5. The van der Waals surface area contributed by atoms with Gasteiger partial charge in [0.1, 0.15) is 11.4 Å². The molecule has 0 bridgehead atoms. The molecular formula is C17H27NO5. The number of carbonyl (C=O) groups is 3. The van der Waals surface area contributed by atoms with Crippen molar-refractivity contribution >= 4 is 17.8 Å². The second-order valence-electron chi connectivity index (χ2n) is 7.69. The summed E-state index contributed by atoms with van der Waals surface area (Å²) >= 11 is 0. The summed E-state index contributed by atoms with van der Waals surface area (Å²) in [5, 5.41) is 9.87. The highest BCUT2D eigenvalue weighted by atomic mass is 16.6. The number of ether oxygens (including phenoxy) is 1. The van der Waals surface area contributed by atoms with Crippen molar-refractivity contribution in [3.8, 4) is 0 Å². The normalized spacial score (nSPS) is 25.1. The summed E-state index contributed by atoms with van der Waals surface area (Å²) in [5.41, 5.74) is -1.64. The average Bonchev–Trinajstić information content (AvgIpc) is 2.46. The third kappa shape index (κ3) is 3.85. The van der Waals surface area contributed by atoms with Crippen LogP contribution in [-0.4, -0.2) is 46.0 Å². The highest BCUT2D eigenvalue weighted by Gasteiger charge is 2.52. The molecule has 23 heavy (non-hydrogen) atoms. The zero-order chi connectivity index (χ0) is 17.3. The van der Waals surface area contributed by atoms with E-state index in [2.05, 4.69) is 0 Å². The van der Waals surface area contributed by atoms with E-state index in [0.717, 1.165) is 12.8 Å². The molecule has 130 valence electrons. The SMILES string of the molecule is CC(C)(C)OC(=O)N1CCCCC1C1(C(=O)O)CCC(=O)CC1. The van der Waals surface area contributed by atoms with Gasteiger partial charge in [0, 0.05) is 19.4 Å². The first-order valence-electron chi connectivity index (χ1n) is 8.40. The van der Waals surface area contributed by atoms with E-state index in [0.29, 0.717) is 25.8 Å². The molecule has 1 unspecified atom stereocenters. The molecule has 1 aliphatic heterocycles. The van der Waals surface area contributed by atoms with Gasteiger partial charge in [0.2, 0.25) is 0 Å². The first-order chi connectivity index (χ1) is 10.7. The molecule has 0 aromatic heterocycles. The van der Waals surface area contributed by atoms with E-state index in [4.69, 9.17) is 4.74 Å². The summed E-state index contributed by atoms with van der Waals surface area (Å²) in [4.78, 5) is 37.7. The molecule has 1 aliphatic carbocycles. The van der Waals surface area contributed by atoms with E-state index >= 15 is 0 Å². The van der Waals surface area contributed by atoms with Gasteiger partial charge in [-0.05, 0) is 52.9 Å². The Labute approximate surface area is 137 Å². The molecule has 2 rings (SSSR count). The molecule has 0 aromatic rings. The fraction of sp³-hybridized carbons (Fsp3) is 0.824. The van der Waals surface area contributed by atoms with Crippen LogP contribution in [0.3, 0.4) is 0 Å². The predicted molar refractivity (Wildman–Crippen MR) is 84.1 cm³/mol. The van der Waals surface area contributed by atoms with Crippen molar-refractivity contribution in [2.24, 2.45) is 5.41 Å². The molecule has 1 saturated heterocycles. The Morgan fingerprint density at radius 2 is 1.83 bits per heavy atom. The molecule has 1 heterocycles. The van der Waals surface area contributed by atoms with E-state index in [1.54, 1.807) is 25.7 Å². The minimum atomic E-state index is -1.02. The van der Waals surface area contributed by atoms with Crippen LogP contribution in [0.2, 0.25) is 0 Å². The number of rotatable bonds is 2. The lowest BCUT2D eigenvalue weighted by Gasteiger charge is -2.47. The Morgan fingerprint density at radius 3 is 2.35 bits per heavy atom. The molecule has 1 N–H and O–H groups in total. The monoisotopic (exact) mass is 325 g/mol. The van der Waals surface area contributed by atoms with Crippen LogP contribution in [-0.2, 0) is 14.3 Å². The Bertz CT molecular complexity index is 484. The number of ketones is 1. The lowest BCUT2D eigenvalue weighted by atomic mass is 9.66. The van der Waals surface area contributed by atoms with E-state index in [9.17, 15) is 19.5 Å². The van der Waals surface area contributed by atoms with Gasteiger partial charge in [-0.15, -0.1) is 0 Å². The fourth-order valence-electron chi connectivity index (χ4n) is 3.71. The van der Waals surface area contributed by atoms with E-state index < -0.39 is 29.1 Å². The van der Waals surface area contributed by atoms with Crippen LogP contribution in [0.4, 0.5) is 4.79 Å². The van der Waals surface area contributed by atoms with Gasteiger partial charge >= 0.3 is 12.1 Å². The number of hydrogen-bond acceptors (Lipinski definition) is 4. The Balaban J connectivity index is 2.26. The Morgan fingerprint density at radius 1 is 1.22 bits per heavy atom. The van der Waals surface area contributed by atoms with E-state index in [1.807, 2.05) is 0 Å². The molecule has 6 heteroatoms.